The molecule has 0 saturated carbocycles. The average molecular weight is 330 g/mol. The number of amides is 1. The predicted octanol–water partition coefficient (Wildman–Crippen LogP) is 2.66. The number of nitrogens with one attached hydrogen (secondary N) is 2. The van der Waals surface area contributed by atoms with E-state index in [0.717, 1.165) is 5.52 Å². The molecule has 1 saturated heterocycles. The molecule has 4 nitrogen and oxygen atoms in total. The van der Waals surface area contributed by atoms with Crippen molar-refractivity contribution >= 4 is 45.1 Å². The van der Waals surface area contributed by atoms with Crippen molar-refractivity contribution in [2.75, 3.05) is 6.54 Å². The second kappa shape index (κ2) is 4.17. The van der Waals surface area contributed by atoms with Gasteiger partial charge >= 0.3 is 0 Å². The third-order valence-electron chi connectivity index (χ3n) is 3.08. The van der Waals surface area contributed by atoms with Crippen molar-refractivity contribution in [3.8, 4) is 0 Å². The molecule has 1 amide bonds. The van der Waals surface area contributed by atoms with Gasteiger partial charge in [0, 0.05) is 19.0 Å². The maximum absolute atomic E-state index is 13.5. The maximum Gasteiger partial charge on any atom is 0.222 e. The lowest BCUT2D eigenvalue weighted by atomic mass is 10.2. The summed E-state index contributed by atoms with van der Waals surface area (Å²) in [5, 5.41) is 2.77. The molecule has 1 aliphatic heterocycles. The van der Waals surface area contributed by atoms with Crippen LogP contribution in [0.4, 0.5) is 4.39 Å². The Hall–Kier alpha value is -1.21. The Labute approximate surface area is 115 Å². The first kappa shape index (κ1) is 11.9. The third-order valence-corrected chi connectivity index (χ3v) is 3.99. The van der Waals surface area contributed by atoms with Gasteiger partial charge in [-0.2, -0.15) is 0 Å². The molecular formula is C11H9BrFN3OS. The lowest BCUT2D eigenvalue weighted by Crippen LogP contribution is -2.15. The van der Waals surface area contributed by atoms with Crippen molar-refractivity contribution < 1.29 is 9.18 Å². The highest BCUT2D eigenvalue weighted by atomic mass is 79.9. The molecule has 1 aliphatic rings. The van der Waals surface area contributed by atoms with Gasteiger partial charge in [-0.1, -0.05) is 0 Å². The SMILES string of the molecule is O=C1CC(n2c(=S)[nH]c3cc(F)c(Br)cc32)CN1. The standard InChI is InChI=1S/C11H9BrFN3OS/c12-6-2-9-8(3-7(6)13)15-11(18)16(9)5-1-10(17)14-4-5/h2-3,5H,1,4H2,(H,14,17)(H,15,18). The van der Waals surface area contributed by atoms with Gasteiger partial charge in [-0.25, -0.2) is 4.39 Å². The summed E-state index contributed by atoms with van der Waals surface area (Å²) >= 11 is 8.41. The molecule has 0 bridgehead atoms. The number of fused-ring (bicyclic) bond motifs is 1. The minimum Gasteiger partial charge on any atom is -0.354 e. The predicted molar refractivity (Wildman–Crippen MR) is 71.4 cm³/mol. The first-order chi connectivity index (χ1) is 8.56. The van der Waals surface area contributed by atoms with E-state index in [-0.39, 0.29) is 17.8 Å². The molecule has 1 fully saturated rings. The smallest absolute Gasteiger partial charge is 0.222 e. The molecule has 0 radical (unpaired) electrons. The number of hydrogen-bond acceptors (Lipinski definition) is 2. The number of H-pyrrole nitrogens is 1. The molecule has 0 spiro atoms. The van der Waals surface area contributed by atoms with Crippen LogP contribution in [0.25, 0.3) is 11.0 Å². The quantitative estimate of drug-likeness (QED) is 0.790. The largest absolute Gasteiger partial charge is 0.354 e. The number of aromatic amines is 1. The maximum atomic E-state index is 13.5. The Kier molecular flexibility index (Phi) is 2.74. The fourth-order valence-electron chi connectivity index (χ4n) is 2.26. The second-order valence-electron chi connectivity index (χ2n) is 4.25. The van der Waals surface area contributed by atoms with E-state index in [1.165, 1.54) is 6.07 Å². The highest BCUT2D eigenvalue weighted by Crippen LogP contribution is 2.27. The number of carbonyl (C=O) groups excluding carboxylic acids is 1. The van der Waals surface area contributed by atoms with E-state index in [0.29, 0.717) is 27.7 Å². The Balaban J connectivity index is 2.22. The van der Waals surface area contributed by atoms with E-state index < -0.39 is 0 Å². The van der Waals surface area contributed by atoms with Gasteiger partial charge < -0.3 is 14.9 Å². The van der Waals surface area contributed by atoms with Crippen molar-refractivity contribution in [3.63, 3.8) is 0 Å². The zero-order chi connectivity index (χ0) is 12.9. The number of nitrogens with zero attached hydrogens (tertiary/aromatic N) is 1. The number of hydrogen-bond donors (Lipinski definition) is 2. The fraction of sp³-hybridized carbons (Fsp3) is 0.273. The van der Waals surface area contributed by atoms with Crippen LogP contribution in [-0.2, 0) is 4.79 Å². The monoisotopic (exact) mass is 329 g/mol. The first-order valence-electron chi connectivity index (χ1n) is 5.42. The van der Waals surface area contributed by atoms with E-state index in [2.05, 4.69) is 26.2 Å². The molecule has 1 unspecified atom stereocenters. The summed E-state index contributed by atoms with van der Waals surface area (Å²) in [5.74, 6) is -0.330. The summed E-state index contributed by atoms with van der Waals surface area (Å²) in [6.07, 6.45) is 0.399. The van der Waals surface area contributed by atoms with Crippen LogP contribution in [0, 0.1) is 10.6 Å². The molecule has 18 heavy (non-hydrogen) atoms. The molecule has 2 N–H and O–H groups in total. The van der Waals surface area contributed by atoms with Crippen LogP contribution in [-0.4, -0.2) is 22.0 Å². The molecule has 7 heteroatoms. The van der Waals surface area contributed by atoms with Crippen LogP contribution in [0.5, 0.6) is 0 Å². The van der Waals surface area contributed by atoms with Gasteiger partial charge in [0.1, 0.15) is 5.82 Å². The van der Waals surface area contributed by atoms with Crippen LogP contribution < -0.4 is 5.32 Å². The van der Waals surface area contributed by atoms with Gasteiger partial charge in [0.15, 0.2) is 4.77 Å². The zero-order valence-electron chi connectivity index (χ0n) is 9.17. The van der Waals surface area contributed by atoms with E-state index in [9.17, 15) is 9.18 Å². The summed E-state index contributed by atoms with van der Waals surface area (Å²) in [4.78, 5) is 14.2. The van der Waals surface area contributed by atoms with Gasteiger partial charge in [-0.3, -0.25) is 4.79 Å². The number of imidazole rings is 1. The van der Waals surface area contributed by atoms with Crippen molar-refractivity contribution in [1.29, 1.82) is 0 Å². The van der Waals surface area contributed by atoms with E-state index in [1.807, 2.05) is 4.57 Å². The van der Waals surface area contributed by atoms with Gasteiger partial charge in [0.25, 0.3) is 0 Å². The number of aromatic nitrogens is 2. The van der Waals surface area contributed by atoms with E-state index in [4.69, 9.17) is 12.2 Å². The zero-order valence-corrected chi connectivity index (χ0v) is 11.6. The third kappa shape index (κ3) is 1.78. The van der Waals surface area contributed by atoms with Crippen LogP contribution in [0.15, 0.2) is 16.6 Å². The molecule has 3 rings (SSSR count). The number of carbonyl (C=O) groups is 1. The van der Waals surface area contributed by atoms with Gasteiger partial charge in [0.2, 0.25) is 5.91 Å². The van der Waals surface area contributed by atoms with Crippen molar-refractivity contribution in [2.24, 2.45) is 0 Å². The van der Waals surface area contributed by atoms with Gasteiger partial charge in [-0.05, 0) is 34.2 Å². The van der Waals surface area contributed by atoms with Crippen LogP contribution in [0.1, 0.15) is 12.5 Å². The summed E-state index contributed by atoms with van der Waals surface area (Å²) < 4.78 is 16.2. The molecule has 1 atom stereocenters. The van der Waals surface area contributed by atoms with Crippen molar-refractivity contribution in [2.45, 2.75) is 12.5 Å². The fourth-order valence-corrected chi connectivity index (χ4v) is 2.94. The summed E-state index contributed by atoms with van der Waals surface area (Å²) in [7, 11) is 0. The second-order valence-corrected chi connectivity index (χ2v) is 5.49. The Morgan fingerprint density at radius 1 is 1.50 bits per heavy atom. The van der Waals surface area contributed by atoms with Gasteiger partial charge in [-0.15, -0.1) is 0 Å². The first-order valence-corrected chi connectivity index (χ1v) is 6.62. The van der Waals surface area contributed by atoms with E-state index in [1.54, 1.807) is 6.07 Å². The average Bonchev–Trinajstić information content (AvgIpc) is 2.83. The Morgan fingerprint density at radius 2 is 2.28 bits per heavy atom. The summed E-state index contributed by atoms with van der Waals surface area (Å²) in [6.45, 7) is 0.551. The molecule has 2 aromatic rings. The van der Waals surface area contributed by atoms with E-state index >= 15 is 0 Å². The molecule has 94 valence electrons. The van der Waals surface area contributed by atoms with Crippen molar-refractivity contribution in [3.05, 3.63) is 27.2 Å². The summed E-state index contributed by atoms with van der Waals surface area (Å²) in [6, 6.07) is 3.06. The van der Waals surface area contributed by atoms with Gasteiger partial charge in [0.05, 0.1) is 21.5 Å². The molecule has 1 aromatic carbocycles. The van der Waals surface area contributed by atoms with Crippen molar-refractivity contribution in [1.82, 2.24) is 14.9 Å². The van der Waals surface area contributed by atoms with Crippen LogP contribution in [0.3, 0.4) is 0 Å². The molecular weight excluding hydrogens is 321 g/mol. The highest BCUT2D eigenvalue weighted by molar-refractivity contribution is 9.10. The Morgan fingerprint density at radius 3 is 2.94 bits per heavy atom. The summed E-state index contributed by atoms with van der Waals surface area (Å²) in [5.41, 5.74) is 1.44. The minimum absolute atomic E-state index is 0.0115. The Bertz CT molecular complexity index is 708. The topological polar surface area (TPSA) is 49.8 Å². The highest BCUT2D eigenvalue weighted by Gasteiger charge is 2.25. The molecule has 0 aliphatic carbocycles. The molecule has 2 heterocycles. The lowest BCUT2D eigenvalue weighted by Gasteiger charge is -2.10. The minimum atomic E-state index is -0.341. The molecule has 1 aromatic heterocycles. The lowest BCUT2D eigenvalue weighted by molar-refractivity contribution is -0.119. The van der Waals surface area contributed by atoms with Crippen LogP contribution in [0.2, 0.25) is 0 Å². The van der Waals surface area contributed by atoms with Crippen LogP contribution >= 0.6 is 28.1 Å². The number of rotatable bonds is 1. The number of benzene rings is 1. The normalized spacial score (nSPS) is 19.4. The number of halogens is 2.